The second-order valence-electron chi connectivity index (χ2n) is 6.75. The molecule has 7 nitrogen and oxygen atoms in total. The fraction of sp³-hybridized carbons (Fsp3) is 0.190. The lowest BCUT2D eigenvalue weighted by atomic mass is 10.2. The van der Waals surface area contributed by atoms with E-state index in [-0.39, 0.29) is 18.2 Å². The first-order valence-electron chi connectivity index (χ1n) is 9.29. The van der Waals surface area contributed by atoms with Crippen molar-refractivity contribution in [2.24, 2.45) is 0 Å². The number of carbonyl (C=O) groups is 1. The molecule has 0 saturated heterocycles. The third-order valence-corrected chi connectivity index (χ3v) is 4.43. The number of rotatable bonds is 6. The Hall–Kier alpha value is -3.82. The average Bonchev–Trinajstić information content (AvgIpc) is 3.39. The minimum absolute atomic E-state index is 0.0425. The molecule has 1 amide bonds. The molecular weight excluding hydrogens is 413 g/mol. The van der Waals surface area contributed by atoms with Gasteiger partial charge in [-0.1, -0.05) is 18.2 Å². The van der Waals surface area contributed by atoms with Crippen LogP contribution in [0.4, 0.5) is 13.2 Å². The Morgan fingerprint density at radius 3 is 2.77 bits per heavy atom. The maximum absolute atomic E-state index is 12.8. The van der Waals surface area contributed by atoms with Crippen LogP contribution in [-0.2, 0) is 12.9 Å². The van der Waals surface area contributed by atoms with Crippen molar-refractivity contribution in [1.29, 1.82) is 0 Å². The Labute approximate surface area is 174 Å². The summed E-state index contributed by atoms with van der Waals surface area (Å²) in [6.07, 6.45) is -2.96. The largest absolute Gasteiger partial charge is 0.471 e. The summed E-state index contributed by atoms with van der Waals surface area (Å²) >= 11 is 0. The van der Waals surface area contributed by atoms with E-state index in [2.05, 4.69) is 15.4 Å². The molecule has 4 rings (SSSR count). The SMILES string of the molecule is CC(NC(=O)c1ccn(COc2cccc(C(F)(F)F)c2)n1)c1nc2ccccc2o1. The molecule has 0 spiro atoms. The lowest BCUT2D eigenvalue weighted by Crippen LogP contribution is -2.27. The van der Waals surface area contributed by atoms with Gasteiger partial charge in [0, 0.05) is 6.20 Å². The zero-order valence-electron chi connectivity index (χ0n) is 16.3. The van der Waals surface area contributed by atoms with Crippen molar-refractivity contribution >= 4 is 17.0 Å². The topological polar surface area (TPSA) is 82.2 Å². The Morgan fingerprint density at radius 1 is 1.19 bits per heavy atom. The lowest BCUT2D eigenvalue weighted by molar-refractivity contribution is -0.137. The zero-order chi connectivity index (χ0) is 22.0. The highest BCUT2D eigenvalue weighted by Crippen LogP contribution is 2.31. The first-order valence-corrected chi connectivity index (χ1v) is 9.29. The maximum Gasteiger partial charge on any atom is 0.416 e. The number of benzene rings is 2. The molecule has 2 aromatic heterocycles. The molecule has 31 heavy (non-hydrogen) atoms. The van der Waals surface area contributed by atoms with Gasteiger partial charge in [-0.3, -0.25) is 4.79 Å². The van der Waals surface area contributed by atoms with Crippen LogP contribution in [0.25, 0.3) is 11.1 Å². The zero-order valence-corrected chi connectivity index (χ0v) is 16.3. The molecule has 0 bridgehead atoms. The number of hydrogen-bond acceptors (Lipinski definition) is 5. The number of fused-ring (bicyclic) bond motifs is 1. The van der Waals surface area contributed by atoms with Crippen LogP contribution in [0.5, 0.6) is 5.75 Å². The van der Waals surface area contributed by atoms with Gasteiger partial charge in [0.25, 0.3) is 5.91 Å². The fourth-order valence-electron chi connectivity index (χ4n) is 2.87. The van der Waals surface area contributed by atoms with Crippen molar-refractivity contribution in [2.45, 2.75) is 25.9 Å². The smallest absolute Gasteiger partial charge is 0.416 e. The predicted octanol–water partition coefficient (Wildman–Crippen LogP) is 4.57. The van der Waals surface area contributed by atoms with E-state index in [4.69, 9.17) is 9.15 Å². The second-order valence-corrected chi connectivity index (χ2v) is 6.75. The van der Waals surface area contributed by atoms with E-state index in [1.807, 2.05) is 18.2 Å². The Balaban J connectivity index is 1.37. The van der Waals surface area contributed by atoms with Gasteiger partial charge in [0.1, 0.15) is 23.0 Å². The van der Waals surface area contributed by atoms with E-state index in [0.717, 1.165) is 12.1 Å². The van der Waals surface area contributed by atoms with Crippen LogP contribution in [0.15, 0.2) is 65.2 Å². The summed E-state index contributed by atoms with van der Waals surface area (Å²) in [5.41, 5.74) is 0.624. The van der Waals surface area contributed by atoms with Crippen LogP contribution in [0.1, 0.15) is 34.9 Å². The quantitative estimate of drug-likeness (QED) is 0.485. The van der Waals surface area contributed by atoms with Gasteiger partial charge in [0.2, 0.25) is 5.89 Å². The number of oxazole rings is 1. The number of hydrogen-bond donors (Lipinski definition) is 1. The van der Waals surface area contributed by atoms with Crippen LogP contribution in [-0.4, -0.2) is 20.7 Å². The molecule has 1 N–H and O–H groups in total. The molecule has 0 saturated carbocycles. The molecule has 0 aliphatic carbocycles. The number of amides is 1. The average molecular weight is 430 g/mol. The molecule has 0 fully saturated rings. The first kappa shape index (κ1) is 20.5. The molecule has 0 radical (unpaired) electrons. The van der Waals surface area contributed by atoms with E-state index in [9.17, 15) is 18.0 Å². The number of nitrogens with zero attached hydrogens (tertiary/aromatic N) is 3. The normalized spacial score (nSPS) is 12.6. The van der Waals surface area contributed by atoms with Crippen LogP contribution >= 0.6 is 0 Å². The number of nitrogens with one attached hydrogen (secondary N) is 1. The fourth-order valence-corrected chi connectivity index (χ4v) is 2.87. The summed E-state index contributed by atoms with van der Waals surface area (Å²) in [7, 11) is 0. The lowest BCUT2D eigenvalue weighted by Gasteiger charge is -2.10. The van der Waals surface area contributed by atoms with Crippen molar-refractivity contribution in [1.82, 2.24) is 20.1 Å². The van der Waals surface area contributed by atoms with E-state index >= 15 is 0 Å². The molecule has 1 unspecified atom stereocenters. The van der Waals surface area contributed by atoms with Gasteiger partial charge in [-0.25, -0.2) is 9.67 Å². The van der Waals surface area contributed by atoms with Gasteiger partial charge in [-0.15, -0.1) is 0 Å². The number of ether oxygens (including phenoxy) is 1. The van der Waals surface area contributed by atoms with Crippen molar-refractivity contribution in [3.05, 3.63) is 77.9 Å². The molecule has 2 heterocycles. The number of alkyl halides is 3. The molecule has 0 aliphatic heterocycles. The number of para-hydroxylation sites is 2. The van der Waals surface area contributed by atoms with Crippen molar-refractivity contribution < 1.29 is 27.1 Å². The second kappa shape index (κ2) is 8.13. The molecular formula is C21H17F3N4O3. The van der Waals surface area contributed by atoms with Crippen LogP contribution in [0.2, 0.25) is 0 Å². The number of halogens is 3. The minimum atomic E-state index is -4.46. The maximum atomic E-state index is 12.8. The minimum Gasteiger partial charge on any atom is -0.471 e. The van der Waals surface area contributed by atoms with Gasteiger partial charge >= 0.3 is 6.18 Å². The van der Waals surface area contributed by atoms with Crippen molar-refractivity contribution in [3.8, 4) is 5.75 Å². The number of carbonyl (C=O) groups excluding carboxylic acids is 1. The monoisotopic (exact) mass is 430 g/mol. The van der Waals surface area contributed by atoms with Crippen molar-refractivity contribution in [3.63, 3.8) is 0 Å². The summed E-state index contributed by atoms with van der Waals surface area (Å²) in [6.45, 7) is 1.58. The Kier molecular flexibility index (Phi) is 5.37. The van der Waals surface area contributed by atoms with Crippen LogP contribution in [0.3, 0.4) is 0 Å². The summed E-state index contributed by atoms with van der Waals surface area (Å²) in [6, 6.07) is 12.8. The first-order chi connectivity index (χ1) is 14.8. The number of aromatic nitrogens is 3. The van der Waals surface area contributed by atoms with Crippen molar-refractivity contribution in [2.75, 3.05) is 0 Å². The molecule has 1 atom stereocenters. The molecule has 160 valence electrons. The van der Waals surface area contributed by atoms with E-state index in [0.29, 0.717) is 17.0 Å². The van der Waals surface area contributed by atoms with Crippen LogP contribution < -0.4 is 10.1 Å². The van der Waals surface area contributed by atoms with Gasteiger partial charge in [0.05, 0.1) is 5.56 Å². The highest BCUT2D eigenvalue weighted by atomic mass is 19.4. The van der Waals surface area contributed by atoms with E-state index < -0.39 is 23.7 Å². The summed E-state index contributed by atoms with van der Waals surface area (Å²) in [5, 5.41) is 6.84. The Morgan fingerprint density at radius 2 is 2.00 bits per heavy atom. The third kappa shape index (κ3) is 4.68. The summed E-state index contributed by atoms with van der Waals surface area (Å²) in [4.78, 5) is 16.8. The van der Waals surface area contributed by atoms with E-state index in [1.165, 1.54) is 29.1 Å². The molecule has 0 aliphatic rings. The Bertz CT molecular complexity index is 1180. The van der Waals surface area contributed by atoms with Gasteiger partial charge in [-0.05, 0) is 43.3 Å². The summed E-state index contributed by atoms with van der Waals surface area (Å²) < 4.78 is 50.6. The van der Waals surface area contributed by atoms with E-state index in [1.54, 1.807) is 13.0 Å². The standard InChI is InChI=1S/C21H17F3N4O3/c1-13(20-26-16-7-2-3-8-18(16)31-20)25-19(29)17-9-10-28(27-17)12-30-15-6-4-5-14(11-15)21(22,23)24/h2-11,13H,12H2,1H3,(H,25,29). The van der Waals surface area contributed by atoms with Gasteiger partial charge < -0.3 is 14.5 Å². The molecule has 2 aromatic carbocycles. The predicted molar refractivity (Wildman–Crippen MR) is 104 cm³/mol. The van der Waals surface area contributed by atoms with Gasteiger partial charge in [0.15, 0.2) is 12.3 Å². The third-order valence-electron chi connectivity index (χ3n) is 4.43. The summed E-state index contributed by atoms with van der Waals surface area (Å²) in [5.74, 6) is -0.0460. The molecule has 10 heteroatoms. The highest BCUT2D eigenvalue weighted by Gasteiger charge is 2.30. The van der Waals surface area contributed by atoms with Gasteiger partial charge in [-0.2, -0.15) is 18.3 Å². The van der Waals surface area contributed by atoms with Crippen LogP contribution in [0, 0.1) is 0 Å². The highest BCUT2D eigenvalue weighted by molar-refractivity contribution is 5.92. The molecule has 4 aromatic rings.